The van der Waals surface area contributed by atoms with Gasteiger partial charge in [0.15, 0.2) is 0 Å². The maximum absolute atomic E-state index is 14.4. The number of anilines is 1. The number of nitrogens with zero attached hydrogens (tertiary/aromatic N) is 4. The van der Waals surface area contributed by atoms with Gasteiger partial charge in [-0.25, -0.2) is 22.9 Å². The lowest BCUT2D eigenvalue weighted by molar-refractivity contribution is -0.118. The number of benzene rings is 5. The van der Waals surface area contributed by atoms with E-state index in [9.17, 15) is 28.6 Å². The van der Waals surface area contributed by atoms with Crippen molar-refractivity contribution in [2.24, 2.45) is 5.73 Å². The number of rotatable bonds is 16. The second kappa shape index (κ2) is 26.6. The summed E-state index contributed by atoms with van der Waals surface area (Å²) in [6.45, 7) is 11.7. The van der Waals surface area contributed by atoms with Crippen molar-refractivity contribution in [3.63, 3.8) is 0 Å². The van der Waals surface area contributed by atoms with E-state index in [4.69, 9.17) is 49.0 Å². The van der Waals surface area contributed by atoms with Gasteiger partial charge < -0.3 is 30.9 Å². The number of halogens is 4. The van der Waals surface area contributed by atoms with Gasteiger partial charge in [0.25, 0.3) is 0 Å². The average molecular weight is 1040 g/mol. The van der Waals surface area contributed by atoms with Gasteiger partial charge in [0.05, 0.1) is 54.9 Å². The minimum Gasteiger partial charge on any atom is -0.410 e. The van der Waals surface area contributed by atoms with Gasteiger partial charge in [-0.1, -0.05) is 113 Å². The first kappa shape index (κ1) is 57.6. The highest BCUT2D eigenvalue weighted by Gasteiger charge is 2.23. The molecule has 0 saturated heterocycles. The predicted molar refractivity (Wildman–Crippen MR) is 282 cm³/mol. The number of nitrogens with two attached hydrogens (primary N) is 1. The number of ketones is 1. The van der Waals surface area contributed by atoms with Crippen LogP contribution in [0.15, 0.2) is 127 Å². The van der Waals surface area contributed by atoms with Crippen LogP contribution < -0.4 is 15.8 Å². The fourth-order valence-electron chi connectivity index (χ4n) is 7.34. The molecule has 0 bridgehead atoms. The number of carbonyl (C=O) groups is 2. The van der Waals surface area contributed by atoms with Crippen molar-refractivity contribution in [2.75, 3.05) is 31.7 Å². The Labute approximate surface area is 435 Å². The lowest BCUT2D eigenvalue weighted by Gasteiger charge is -2.14. The summed E-state index contributed by atoms with van der Waals surface area (Å²) >= 11 is 12.2. The number of nitrogens with one attached hydrogen (secondary N) is 1. The maximum atomic E-state index is 14.4. The van der Waals surface area contributed by atoms with Crippen LogP contribution >= 0.6 is 23.2 Å². The third-order valence-corrected chi connectivity index (χ3v) is 12.0. The second-order valence-electron chi connectivity index (χ2n) is 19.3. The third-order valence-electron chi connectivity index (χ3n) is 11.5. The van der Waals surface area contributed by atoms with E-state index >= 15 is 0 Å². The number of hydrogen-bond donors (Lipinski definition) is 6. The number of aromatic nitrogens is 4. The SMILES string of the molecule is CC(C)(C)c1cc(CCC(=O)Cc2ccc(C(CO)CO)c(F)c2)n(-c2cccc(Cl)c2)n1.CC(C)(C)c1cc(CN)n(-c2cccc(Cl)c2)n1.O=C(Nc1ccc(C(CO)CO)c(F)c1)Oc1ccccc1. The molecular formula is C56H64Cl2F2N6O7. The lowest BCUT2D eigenvalue weighted by Crippen LogP contribution is -2.17. The van der Waals surface area contributed by atoms with Gasteiger partial charge in [-0.2, -0.15) is 10.2 Å². The highest BCUT2D eigenvalue weighted by atomic mass is 35.5. The normalized spacial score (nSPS) is 11.5. The first-order valence-electron chi connectivity index (χ1n) is 23.6. The Kier molecular flexibility index (Phi) is 21.0. The first-order chi connectivity index (χ1) is 34.7. The molecule has 7 aromatic rings. The first-order valence-corrected chi connectivity index (χ1v) is 24.4. The van der Waals surface area contributed by atoms with Crippen LogP contribution in [0.2, 0.25) is 10.0 Å². The van der Waals surface area contributed by atoms with E-state index in [1.807, 2.05) is 57.9 Å². The van der Waals surface area contributed by atoms with Crippen molar-refractivity contribution in [1.82, 2.24) is 19.6 Å². The number of carbonyl (C=O) groups excluding carboxylic acids is 2. The largest absolute Gasteiger partial charge is 0.417 e. The monoisotopic (exact) mass is 1040 g/mol. The topological polar surface area (TPSA) is 198 Å². The number of amides is 1. The van der Waals surface area contributed by atoms with Crippen LogP contribution in [0, 0.1) is 11.6 Å². The zero-order chi connectivity index (χ0) is 53.5. The lowest BCUT2D eigenvalue weighted by atomic mass is 9.92. The molecule has 0 aliphatic carbocycles. The Bertz CT molecular complexity index is 2910. The highest BCUT2D eigenvalue weighted by molar-refractivity contribution is 6.31. The fraction of sp³-hybridized carbons (Fsp3) is 0.321. The summed E-state index contributed by atoms with van der Waals surface area (Å²) in [5.74, 6) is -2.14. The Morgan fingerprint density at radius 1 is 0.644 bits per heavy atom. The van der Waals surface area contributed by atoms with Gasteiger partial charge in [-0.3, -0.25) is 10.1 Å². The van der Waals surface area contributed by atoms with E-state index in [0.717, 1.165) is 40.2 Å². The van der Waals surface area contributed by atoms with Crippen LogP contribution in [0.25, 0.3) is 11.4 Å². The van der Waals surface area contributed by atoms with Crippen molar-refractivity contribution >= 4 is 40.8 Å². The highest BCUT2D eigenvalue weighted by Crippen LogP contribution is 2.28. The number of ether oxygens (including phenoxy) is 1. The van der Waals surface area contributed by atoms with E-state index < -0.39 is 29.6 Å². The number of Topliss-reactive ketones (excluding diaryl/α,β-unsaturated/α-hetero) is 1. The third kappa shape index (κ3) is 16.6. The number of aryl methyl sites for hydroxylation is 1. The van der Waals surface area contributed by atoms with E-state index in [-0.39, 0.29) is 72.7 Å². The van der Waals surface area contributed by atoms with Gasteiger partial charge in [0, 0.05) is 63.5 Å². The molecule has 388 valence electrons. The van der Waals surface area contributed by atoms with E-state index in [1.54, 1.807) is 42.5 Å². The summed E-state index contributed by atoms with van der Waals surface area (Å²) in [5, 5.41) is 49.8. The standard InChI is InChI=1S/C26H30ClFN2O3.C16H16FNO4.C14H18ClN3/c1-26(2,3)25-14-21(30(29-25)20-6-4-5-19(27)13-20)8-9-22(33)11-17-7-10-23(24(28)12-17)18(15-31)16-32;17-15-8-12(6-7-14(15)11(9-19)10-20)18-16(21)22-13-4-2-1-3-5-13;1-14(2,3)13-8-12(9-16)18(17-13)11-6-4-5-10(15)7-11/h4-7,10,12-14,18,31-32H,8-9,11,15-16H2,1-3H3;1-8,11,19-20H,9-10H2,(H,18,21);4-8H,9,16H2,1-3H3. The molecule has 0 fully saturated rings. The summed E-state index contributed by atoms with van der Waals surface area (Å²) in [5.41, 5.74) is 12.5. The van der Waals surface area contributed by atoms with Crippen molar-refractivity contribution in [3.05, 3.63) is 189 Å². The molecule has 2 heterocycles. The summed E-state index contributed by atoms with van der Waals surface area (Å²) in [4.78, 5) is 24.4. The molecule has 0 spiro atoms. The molecule has 0 aliphatic heterocycles. The maximum Gasteiger partial charge on any atom is 0.417 e. The molecule has 0 radical (unpaired) electrons. The van der Waals surface area contributed by atoms with Crippen molar-refractivity contribution in [2.45, 2.75) is 90.0 Å². The second-order valence-corrected chi connectivity index (χ2v) is 20.2. The van der Waals surface area contributed by atoms with Crippen molar-refractivity contribution in [1.29, 1.82) is 0 Å². The molecule has 13 nitrogen and oxygen atoms in total. The zero-order valence-electron chi connectivity index (χ0n) is 41.8. The molecule has 73 heavy (non-hydrogen) atoms. The molecule has 7 rings (SSSR count). The summed E-state index contributed by atoms with van der Waals surface area (Å²) in [6.07, 6.45) is 0.151. The molecule has 0 unspecified atom stereocenters. The van der Waals surface area contributed by atoms with Crippen LogP contribution in [0.5, 0.6) is 5.75 Å². The Morgan fingerprint density at radius 2 is 1.14 bits per heavy atom. The zero-order valence-corrected chi connectivity index (χ0v) is 43.3. The minimum absolute atomic E-state index is 0.00768. The van der Waals surface area contributed by atoms with Crippen molar-refractivity contribution < 1.29 is 43.5 Å². The van der Waals surface area contributed by atoms with E-state index in [1.165, 1.54) is 24.3 Å². The number of aliphatic hydroxyl groups excluding tert-OH is 4. The van der Waals surface area contributed by atoms with Crippen LogP contribution in [0.3, 0.4) is 0 Å². The van der Waals surface area contributed by atoms with Crippen LogP contribution in [0.1, 0.15) is 99.3 Å². The molecule has 17 heteroatoms. The quantitative estimate of drug-likeness (QED) is 0.0542. The molecule has 0 atom stereocenters. The summed E-state index contributed by atoms with van der Waals surface area (Å²) in [6, 6.07) is 36.1. The molecule has 7 N–H and O–H groups in total. The van der Waals surface area contributed by atoms with Gasteiger partial charge >= 0.3 is 6.09 Å². The Hall–Kier alpha value is -6.30. The Morgan fingerprint density at radius 3 is 1.60 bits per heavy atom. The molecule has 0 saturated carbocycles. The minimum atomic E-state index is -0.737. The van der Waals surface area contributed by atoms with E-state index in [2.05, 4.69) is 58.0 Å². The predicted octanol–water partition coefficient (Wildman–Crippen LogP) is 10.6. The van der Waals surface area contributed by atoms with Crippen molar-refractivity contribution in [3.8, 4) is 17.1 Å². The molecule has 5 aromatic carbocycles. The molecule has 0 aliphatic rings. The molecule has 1 amide bonds. The van der Waals surface area contributed by atoms with Gasteiger partial charge in [-0.15, -0.1) is 0 Å². The van der Waals surface area contributed by atoms with Gasteiger partial charge in [-0.05, 0) is 102 Å². The summed E-state index contributed by atoms with van der Waals surface area (Å²) < 4.78 is 37.1. The number of para-hydroxylation sites is 1. The van der Waals surface area contributed by atoms with Crippen LogP contribution in [0.4, 0.5) is 19.3 Å². The fourth-order valence-corrected chi connectivity index (χ4v) is 7.71. The summed E-state index contributed by atoms with van der Waals surface area (Å²) in [7, 11) is 0. The van der Waals surface area contributed by atoms with Crippen LogP contribution in [-0.2, 0) is 35.0 Å². The van der Waals surface area contributed by atoms with Gasteiger partial charge in [0.1, 0.15) is 23.2 Å². The molecule has 2 aromatic heterocycles. The number of hydrogen-bond acceptors (Lipinski definition) is 10. The average Bonchev–Trinajstić information content (AvgIpc) is 4.00. The van der Waals surface area contributed by atoms with Gasteiger partial charge in [0.2, 0.25) is 0 Å². The van der Waals surface area contributed by atoms with E-state index in [0.29, 0.717) is 34.3 Å². The van der Waals surface area contributed by atoms with Crippen LogP contribution in [-0.4, -0.2) is 78.3 Å². The Balaban J connectivity index is 0.000000215. The number of aliphatic hydroxyl groups is 4. The molecular weight excluding hydrogens is 978 g/mol. The smallest absolute Gasteiger partial charge is 0.410 e.